The van der Waals surface area contributed by atoms with Crippen LogP contribution in [0.5, 0.6) is 0 Å². The van der Waals surface area contributed by atoms with Crippen molar-refractivity contribution in [3.05, 3.63) is 21.9 Å². The molecule has 0 radical (unpaired) electrons. The smallest absolute Gasteiger partial charge is 0.0270 e. The number of nitrogens with two attached hydrogens (primary N) is 1. The molecule has 0 aliphatic carbocycles. The van der Waals surface area contributed by atoms with Crippen LogP contribution in [-0.4, -0.2) is 30.6 Å². The molecule has 1 unspecified atom stereocenters. The minimum Gasteiger partial charge on any atom is -0.304 e. The van der Waals surface area contributed by atoms with E-state index in [0.29, 0.717) is 6.04 Å². The van der Waals surface area contributed by atoms with Gasteiger partial charge in [0, 0.05) is 15.8 Å². The molecule has 18 heavy (non-hydrogen) atoms. The van der Waals surface area contributed by atoms with Crippen LogP contribution in [0.2, 0.25) is 0 Å². The molecule has 104 valence electrons. The Kier molecular flexibility index (Phi) is 7.51. The molecule has 3 nitrogen and oxygen atoms in total. The lowest BCUT2D eigenvalue weighted by molar-refractivity contribution is 0.281. The first-order chi connectivity index (χ1) is 8.73. The van der Waals surface area contributed by atoms with Crippen molar-refractivity contribution in [3.8, 4) is 0 Å². The number of thiophene rings is 1. The van der Waals surface area contributed by atoms with Gasteiger partial charge in [0.1, 0.15) is 0 Å². The van der Waals surface area contributed by atoms with Gasteiger partial charge in [-0.3, -0.25) is 11.3 Å². The van der Waals surface area contributed by atoms with Crippen LogP contribution in [0.4, 0.5) is 0 Å². The van der Waals surface area contributed by atoms with Gasteiger partial charge in [-0.15, -0.1) is 11.3 Å². The van der Waals surface area contributed by atoms with Crippen molar-refractivity contribution in [2.24, 2.45) is 5.84 Å². The fraction of sp³-hybridized carbons (Fsp3) is 0.714. The second-order valence-corrected chi connectivity index (χ2v) is 5.86. The monoisotopic (exact) mass is 269 g/mol. The number of hydrogen-bond acceptors (Lipinski definition) is 4. The van der Waals surface area contributed by atoms with Crippen molar-refractivity contribution in [2.75, 3.05) is 19.6 Å². The summed E-state index contributed by atoms with van der Waals surface area (Å²) in [7, 11) is 0. The Bertz CT molecular complexity index is 321. The minimum absolute atomic E-state index is 0.383. The predicted molar refractivity (Wildman–Crippen MR) is 80.9 cm³/mol. The van der Waals surface area contributed by atoms with E-state index in [1.807, 2.05) is 11.3 Å². The lowest BCUT2D eigenvalue weighted by Gasteiger charge is -2.22. The van der Waals surface area contributed by atoms with E-state index in [-0.39, 0.29) is 0 Å². The van der Waals surface area contributed by atoms with Gasteiger partial charge in [0.2, 0.25) is 0 Å². The van der Waals surface area contributed by atoms with Crippen LogP contribution < -0.4 is 11.3 Å². The third-order valence-electron chi connectivity index (χ3n) is 3.44. The van der Waals surface area contributed by atoms with Gasteiger partial charge in [0.25, 0.3) is 0 Å². The standard InChI is InChI=1S/C14H27N3S/c1-4-13-7-8-14(18-13)11-12(16-15)9-10-17(5-2)6-3/h7-8,12,16H,4-6,9-11,15H2,1-3H3. The molecule has 1 aromatic heterocycles. The maximum atomic E-state index is 5.67. The molecule has 0 aliphatic rings. The van der Waals surface area contributed by atoms with Crippen LogP contribution in [0.3, 0.4) is 0 Å². The summed E-state index contributed by atoms with van der Waals surface area (Å²) in [6.45, 7) is 9.98. The molecule has 0 saturated carbocycles. The van der Waals surface area contributed by atoms with Gasteiger partial charge in [-0.2, -0.15) is 0 Å². The summed E-state index contributed by atoms with van der Waals surface area (Å²) < 4.78 is 0. The van der Waals surface area contributed by atoms with Crippen LogP contribution in [0.1, 0.15) is 36.9 Å². The zero-order chi connectivity index (χ0) is 13.4. The summed E-state index contributed by atoms with van der Waals surface area (Å²) in [5, 5.41) is 0. The number of hydrazine groups is 1. The molecule has 0 bridgehead atoms. The number of nitrogens with zero attached hydrogens (tertiary/aromatic N) is 1. The van der Waals surface area contributed by atoms with Crippen LogP contribution >= 0.6 is 11.3 Å². The van der Waals surface area contributed by atoms with Gasteiger partial charge < -0.3 is 4.90 Å². The van der Waals surface area contributed by atoms with Crippen molar-refractivity contribution >= 4 is 11.3 Å². The number of aryl methyl sites for hydroxylation is 1. The normalized spacial score (nSPS) is 13.2. The Morgan fingerprint density at radius 3 is 2.39 bits per heavy atom. The highest BCUT2D eigenvalue weighted by Gasteiger charge is 2.11. The fourth-order valence-corrected chi connectivity index (χ4v) is 3.13. The molecule has 1 atom stereocenters. The SMILES string of the molecule is CCc1ccc(CC(CCN(CC)CC)NN)s1. The van der Waals surface area contributed by atoms with E-state index < -0.39 is 0 Å². The van der Waals surface area contributed by atoms with Crippen LogP contribution in [0.15, 0.2) is 12.1 Å². The van der Waals surface area contributed by atoms with Gasteiger partial charge in [-0.1, -0.05) is 20.8 Å². The van der Waals surface area contributed by atoms with Crippen LogP contribution in [0, 0.1) is 0 Å². The largest absolute Gasteiger partial charge is 0.304 e. The molecule has 0 saturated heterocycles. The summed E-state index contributed by atoms with van der Waals surface area (Å²) in [5.74, 6) is 5.67. The van der Waals surface area contributed by atoms with Crippen molar-refractivity contribution in [1.82, 2.24) is 10.3 Å². The summed E-state index contributed by atoms with van der Waals surface area (Å²) in [5.41, 5.74) is 2.96. The molecule has 1 heterocycles. The quantitative estimate of drug-likeness (QED) is 0.534. The third-order valence-corrected chi connectivity index (χ3v) is 4.69. The summed E-state index contributed by atoms with van der Waals surface area (Å²) in [6, 6.07) is 4.86. The fourth-order valence-electron chi connectivity index (χ4n) is 2.09. The highest BCUT2D eigenvalue weighted by Crippen LogP contribution is 2.19. The van der Waals surface area contributed by atoms with Crippen LogP contribution in [0.25, 0.3) is 0 Å². The third kappa shape index (κ3) is 5.06. The highest BCUT2D eigenvalue weighted by atomic mass is 32.1. The summed E-state index contributed by atoms with van der Waals surface area (Å²) in [6.07, 6.45) is 3.28. The van der Waals surface area contributed by atoms with Crippen molar-refractivity contribution in [3.63, 3.8) is 0 Å². The Morgan fingerprint density at radius 1 is 1.22 bits per heavy atom. The van der Waals surface area contributed by atoms with E-state index in [0.717, 1.165) is 38.9 Å². The molecule has 3 N–H and O–H groups in total. The second-order valence-electron chi connectivity index (χ2n) is 4.60. The van der Waals surface area contributed by atoms with Crippen LogP contribution in [-0.2, 0) is 12.8 Å². The molecule has 0 spiro atoms. The Labute approximate surface area is 115 Å². The molecule has 1 aromatic rings. The topological polar surface area (TPSA) is 41.3 Å². The molecule has 0 fully saturated rings. The first-order valence-corrected chi connectivity index (χ1v) is 7.81. The molecule has 4 heteroatoms. The zero-order valence-corrected chi connectivity index (χ0v) is 12.7. The van der Waals surface area contributed by atoms with Gasteiger partial charge >= 0.3 is 0 Å². The molecular weight excluding hydrogens is 242 g/mol. The molecular formula is C14H27N3S. The summed E-state index contributed by atoms with van der Waals surface area (Å²) >= 11 is 1.91. The average Bonchev–Trinajstić information content (AvgIpc) is 2.86. The van der Waals surface area contributed by atoms with E-state index in [4.69, 9.17) is 5.84 Å². The van der Waals surface area contributed by atoms with E-state index in [9.17, 15) is 0 Å². The maximum absolute atomic E-state index is 5.67. The number of hydrogen-bond donors (Lipinski definition) is 2. The Morgan fingerprint density at radius 2 is 1.89 bits per heavy atom. The maximum Gasteiger partial charge on any atom is 0.0270 e. The van der Waals surface area contributed by atoms with Gasteiger partial charge in [-0.25, -0.2) is 0 Å². The first kappa shape index (κ1) is 15.6. The van der Waals surface area contributed by atoms with Gasteiger partial charge in [0.15, 0.2) is 0 Å². The highest BCUT2D eigenvalue weighted by molar-refractivity contribution is 7.11. The lowest BCUT2D eigenvalue weighted by atomic mass is 10.1. The van der Waals surface area contributed by atoms with Crippen molar-refractivity contribution < 1.29 is 0 Å². The zero-order valence-electron chi connectivity index (χ0n) is 11.9. The average molecular weight is 269 g/mol. The Balaban J connectivity index is 2.41. The second kappa shape index (κ2) is 8.64. The number of rotatable bonds is 9. The molecule has 0 amide bonds. The van der Waals surface area contributed by atoms with Gasteiger partial charge in [0.05, 0.1) is 0 Å². The predicted octanol–water partition coefficient (Wildman–Crippen LogP) is 2.42. The first-order valence-electron chi connectivity index (χ1n) is 6.99. The van der Waals surface area contributed by atoms with Gasteiger partial charge in [-0.05, 0) is 51.0 Å². The van der Waals surface area contributed by atoms with E-state index >= 15 is 0 Å². The molecule has 0 aromatic carbocycles. The van der Waals surface area contributed by atoms with Crippen molar-refractivity contribution in [2.45, 2.75) is 46.1 Å². The summed E-state index contributed by atoms with van der Waals surface area (Å²) in [4.78, 5) is 5.34. The molecule has 0 aliphatic heterocycles. The van der Waals surface area contributed by atoms with Crippen molar-refractivity contribution in [1.29, 1.82) is 0 Å². The Hall–Kier alpha value is -0.420. The number of nitrogens with one attached hydrogen (secondary N) is 1. The van der Waals surface area contributed by atoms with E-state index in [1.165, 1.54) is 9.75 Å². The lowest BCUT2D eigenvalue weighted by Crippen LogP contribution is -2.39. The van der Waals surface area contributed by atoms with E-state index in [2.05, 4.69) is 43.2 Å². The van der Waals surface area contributed by atoms with E-state index in [1.54, 1.807) is 0 Å². The minimum atomic E-state index is 0.383. The molecule has 1 rings (SSSR count).